The molecule has 5 heteroatoms. The zero-order chi connectivity index (χ0) is 9.80. The van der Waals surface area contributed by atoms with E-state index in [9.17, 15) is 4.79 Å². The Bertz CT molecular complexity index is 315. The normalized spacial score (nSPS) is 20.0. The summed E-state index contributed by atoms with van der Waals surface area (Å²) in [7, 11) is 0. The lowest BCUT2D eigenvalue weighted by molar-refractivity contribution is 0.105. The van der Waals surface area contributed by atoms with Gasteiger partial charge in [-0.15, -0.1) is 0 Å². The first-order chi connectivity index (χ1) is 6.84. The molecule has 1 amide bonds. The molecule has 74 valence electrons. The number of pyridine rings is 1. The molecular formula is C9H10N2O3. The van der Waals surface area contributed by atoms with Crippen LogP contribution in [-0.4, -0.2) is 30.3 Å². The largest absolute Gasteiger partial charge is 0.490 e. The summed E-state index contributed by atoms with van der Waals surface area (Å²) in [5.41, 5.74) is 0. The lowest BCUT2D eigenvalue weighted by atomic mass is 10.4. The maximum atomic E-state index is 10.7. The van der Waals surface area contributed by atoms with Gasteiger partial charge in [0.1, 0.15) is 12.4 Å². The first-order valence-corrected chi connectivity index (χ1v) is 4.32. The third kappa shape index (κ3) is 2.12. The van der Waals surface area contributed by atoms with Crippen LogP contribution in [0.4, 0.5) is 4.79 Å². The van der Waals surface area contributed by atoms with Crippen LogP contribution in [-0.2, 0) is 4.74 Å². The average molecular weight is 194 g/mol. The minimum absolute atomic E-state index is 0.198. The number of rotatable bonds is 3. The summed E-state index contributed by atoms with van der Waals surface area (Å²) in [6.45, 7) is 0.868. The van der Waals surface area contributed by atoms with E-state index in [0.29, 0.717) is 13.2 Å². The Morgan fingerprint density at radius 1 is 1.57 bits per heavy atom. The summed E-state index contributed by atoms with van der Waals surface area (Å²) in [4.78, 5) is 14.5. The predicted molar refractivity (Wildman–Crippen MR) is 48.0 cm³/mol. The number of carbonyl (C=O) groups excluding carboxylic acids is 1. The number of nitrogens with zero attached hydrogens (tertiary/aromatic N) is 1. The molecule has 0 saturated carbocycles. The van der Waals surface area contributed by atoms with Crippen molar-refractivity contribution in [1.82, 2.24) is 10.3 Å². The van der Waals surface area contributed by atoms with Gasteiger partial charge in [-0.25, -0.2) is 4.79 Å². The Labute approximate surface area is 81.0 Å². The second kappa shape index (κ2) is 3.95. The highest BCUT2D eigenvalue weighted by Crippen LogP contribution is 2.09. The lowest BCUT2D eigenvalue weighted by Crippen LogP contribution is -2.21. The number of alkyl carbamates (subject to hydrolysis) is 1. The Morgan fingerprint density at radius 2 is 2.36 bits per heavy atom. The maximum absolute atomic E-state index is 10.7. The third-order valence-corrected chi connectivity index (χ3v) is 1.83. The van der Waals surface area contributed by atoms with Gasteiger partial charge in [0.05, 0.1) is 6.54 Å². The van der Waals surface area contributed by atoms with Crippen LogP contribution in [0.15, 0.2) is 24.5 Å². The fourth-order valence-corrected chi connectivity index (χ4v) is 1.15. The second-order valence-electron chi connectivity index (χ2n) is 2.90. The van der Waals surface area contributed by atoms with Gasteiger partial charge in [-0.1, -0.05) is 0 Å². The molecule has 2 heterocycles. The predicted octanol–water partition coefficient (Wildman–Crippen LogP) is 0.569. The molecule has 0 radical (unpaired) electrons. The number of nitrogens with one attached hydrogen (secondary N) is 1. The van der Waals surface area contributed by atoms with Gasteiger partial charge in [-0.3, -0.25) is 4.98 Å². The number of carbonyl (C=O) groups is 1. The van der Waals surface area contributed by atoms with Crippen LogP contribution in [0.5, 0.6) is 5.75 Å². The number of hydrogen-bond acceptors (Lipinski definition) is 4. The Kier molecular flexibility index (Phi) is 2.48. The number of ether oxygens (including phenoxy) is 2. The number of hydrogen-bond donors (Lipinski definition) is 1. The topological polar surface area (TPSA) is 60.5 Å². The first-order valence-electron chi connectivity index (χ1n) is 4.32. The van der Waals surface area contributed by atoms with Crippen LogP contribution in [0, 0.1) is 0 Å². The van der Waals surface area contributed by atoms with Crippen molar-refractivity contribution in [1.29, 1.82) is 0 Å². The molecular weight excluding hydrogens is 184 g/mol. The van der Waals surface area contributed by atoms with Crippen LogP contribution in [0.25, 0.3) is 0 Å². The molecule has 1 aromatic heterocycles. The third-order valence-electron chi connectivity index (χ3n) is 1.83. The van der Waals surface area contributed by atoms with Crippen molar-refractivity contribution >= 4 is 6.09 Å². The average Bonchev–Trinajstić information content (AvgIpc) is 2.63. The summed E-state index contributed by atoms with van der Waals surface area (Å²) in [5.74, 6) is 0.725. The van der Waals surface area contributed by atoms with E-state index in [1.54, 1.807) is 24.5 Å². The molecule has 0 aliphatic carbocycles. The summed E-state index contributed by atoms with van der Waals surface area (Å²) >= 11 is 0. The van der Waals surface area contributed by atoms with Gasteiger partial charge in [0.15, 0.2) is 6.10 Å². The van der Waals surface area contributed by atoms with Crippen molar-refractivity contribution in [3.05, 3.63) is 24.5 Å². The molecule has 5 nitrogen and oxygen atoms in total. The van der Waals surface area contributed by atoms with Gasteiger partial charge in [-0.05, 0) is 12.1 Å². The van der Waals surface area contributed by atoms with E-state index in [4.69, 9.17) is 9.47 Å². The van der Waals surface area contributed by atoms with E-state index in [0.717, 1.165) is 5.75 Å². The molecule has 14 heavy (non-hydrogen) atoms. The summed E-state index contributed by atoms with van der Waals surface area (Å²) in [5, 5.41) is 2.55. The zero-order valence-corrected chi connectivity index (χ0v) is 7.47. The molecule has 1 aliphatic rings. The van der Waals surface area contributed by atoms with E-state index >= 15 is 0 Å². The van der Waals surface area contributed by atoms with Crippen LogP contribution in [0.1, 0.15) is 0 Å². The van der Waals surface area contributed by atoms with Gasteiger partial charge in [0, 0.05) is 12.4 Å². The van der Waals surface area contributed by atoms with Crippen LogP contribution in [0.3, 0.4) is 0 Å². The molecule has 2 rings (SSSR count). The zero-order valence-electron chi connectivity index (χ0n) is 7.47. The fraction of sp³-hybridized carbons (Fsp3) is 0.333. The molecule has 1 N–H and O–H groups in total. The lowest BCUT2D eigenvalue weighted by Gasteiger charge is -2.09. The SMILES string of the molecule is O=C1NCC(COc2ccncc2)O1. The van der Waals surface area contributed by atoms with Gasteiger partial charge in [-0.2, -0.15) is 0 Å². The van der Waals surface area contributed by atoms with E-state index in [1.807, 2.05) is 0 Å². The molecule has 1 aromatic rings. The van der Waals surface area contributed by atoms with Gasteiger partial charge < -0.3 is 14.8 Å². The molecule has 0 aromatic carbocycles. The second-order valence-corrected chi connectivity index (χ2v) is 2.90. The minimum Gasteiger partial charge on any atom is -0.490 e. The number of cyclic esters (lactones) is 1. The van der Waals surface area contributed by atoms with Crippen molar-refractivity contribution in [3.8, 4) is 5.75 Å². The van der Waals surface area contributed by atoms with Crippen molar-refractivity contribution in [2.45, 2.75) is 6.10 Å². The van der Waals surface area contributed by atoms with Gasteiger partial charge in [0.25, 0.3) is 0 Å². The van der Waals surface area contributed by atoms with Crippen LogP contribution >= 0.6 is 0 Å². The Balaban J connectivity index is 1.80. The van der Waals surface area contributed by atoms with E-state index in [-0.39, 0.29) is 12.2 Å². The van der Waals surface area contributed by atoms with E-state index in [2.05, 4.69) is 10.3 Å². The summed E-state index contributed by atoms with van der Waals surface area (Å²) < 4.78 is 10.3. The standard InChI is InChI=1S/C9H10N2O3/c12-9-11-5-8(14-9)6-13-7-1-3-10-4-2-7/h1-4,8H,5-6H2,(H,11,12). The molecule has 1 aliphatic heterocycles. The quantitative estimate of drug-likeness (QED) is 0.764. The Hall–Kier alpha value is -1.78. The highest BCUT2D eigenvalue weighted by molar-refractivity contribution is 5.69. The summed E-state index contributed by atoms with van der Waals surface area (Å²) in [6, 6.07) is 3.51. The smallest absolute Gasteiger partial charge is 0.407 e. The van der Waals surface area contributed by atoms with Crippen LogP contribution < -0.4 is 10.1 Å². The van der Waals surface area contributed by atoms with E-state index in [1.165, 1.54) is 0 Å². The van der Waals surface area contributed by atoms with E-state index < -0.39 is 0 Å². The Morgan fingerprint density at radius 3 is 3.00 bits per heavy atom. The molecule has 1 fully saturated rings. The monoisotopic (exact) mass is 194 g/mol. The molecule has 1 unspecified atom stereocenters. The van der Waals surface area contributed by atoms with Crippen molar-refractivity contribution in [2.24, 2.45) is 0 Å². The fourth-order valence-electron chi connectivity index (χ4n) is 1.15. The number of amides is 1. The summed E-state index contributed by atoms with van der Waals surface area (Å²) in [6.07, 6.45) is 2.71. The maximum Gasteiger partial charge on any atom is 0.407 e. The highest BCUT2D eigenvalue weighted by atomic mass is 16.6. The van der Waals surface area contributed by atoms with Crippen LogP contribution in [0.2, 0.25) is 0 Å². The van der Waals surface area contributed by atoms with Crippen molar-refractivity contribution in [2.75, 3.05) is 13.2 Å². The van der Waals surface area contributed by atoms with Gasteiger partial charge >= 0.3 is 6.09 Å². The highest BCUT2D eigenvalue weighted by Gasteiger charge is 2.22. The minimum atomic E-state index is -0.381. The van der Waals surface area contributed by atoms with Crippen molar-refractivity contribution < 1.29 is 14.3 Å². The van der Waals surface area contributed by atoms with Gasteiger partial charge in [0.2, 0.25) is 0 Å². The number of aromatic nitrogens is 1. The van der Waals surface area contributed by atoms with Crippen molar-refractivity contribution in [3.63, 3.8) is 0 Å². The molecule has 0 bridgehead atoms. The molecule has 0 spiro atoms. The first kappa shape index (κ1) is 8.80. The molecule has 1 saturated heterocycles. The molecule has 1 atom stereocenters.